The van der Waals surface area contributed by atoms with Crippen molar-refractivity contribution in [3.8, 4) is 0 Å². The Morgan fingerprint density at radius 2 is 1.87 bits per heavy atom. The third-order valence-electron chi connectivity index (χ3n) is 5.35. The Bertz CT molecular complexity index is 1260. The van der Waals surface area contributed by atoms with Crippen LogP contribution in [0.1, 0.15) is 10.6 Å². The van der Waals surface area contributed by atoms with Crippen LogP contribution in [-0.4, -0.2) is 55.2 Å². The van der Waals surface area contributed by atoms with E-state index in [4.69, 9.17) is 9.15 Å². The zero-order chi connectivity index (χ0) is 21.2. The first kappa shape index (κ1) is 19.9. The summed E-state index contributed by atoms with van der Waals surface area (Å²) in [5.74, 6) is -0.347. The number of anilines is 1. The summed E-state index contributed by atoms with van der Waals surface area (Å²) >= 11 is 1.45. The van der Waals surface area contributed by atoms with E-state index in [1.54, 1.807) is 29.2 Å². The molecule has 0 saturated carbocycles. The smallest absolute Gasteiger partial charge is 0.295 e. The van der Waals surface area contributed by atoms with E-state index in [1.165, 1.54) is 17.4 Å². The molecular weight excluding hydrogens is 414 g/mol. The molecule has 31 heavy (non-hydrogen) atoms. The Kier molecular flexibility index (Phi) is 5.50. The molecule has 1 fully saturated rings. The number of amides is 1. The van der Waals surface area contributed by atoms with Crippen molar-refractivity contribution >= 4 is 43.6 Å². The molecule has 1 amide bonds. The topological polar surface area (TPSA) is 75.9 Å². The van der Waals surface area contributed by atoms with Crippen LogP contribution in [0.3, 0.4) is 0 Å². The Balaban J connectivity index is 1.50. The van der Waals surface area contributed by atoms with Crippen molar-refractivity contribution in [1.82, 2.24) is 9.88 Å². The van der Waals surface area contributed by atoms with E-state index >= 15 is 0 Å². The second-order valence-corrected chi connectivity index (χ2v) is 8.36. The molecule has 1 aliphatic heterocycles. The van der Waals surface area contributed by atoms with Crippen LogP contribution in [-0.2, 0) is 4.74 Å². The lowest BCUT2D eigenvalue weighted by Gasteiger charge is -2.29. The quantitative estimate of drug-likeness (QED) is 0.478. The van der Waals surface area contributed by atoms with Crippen molar-refractivity contribution in [2.24, 2.45) is 0 Å². The molecule has 1 saturated heterocycles. The Morgan fingerprint density at radius 3 is 2.71 bits per heavy atom. The fraction of sp³-hybridized carbons (Fsp3) is 0.261. The van der Waals surface area contributed by atoms with Gasteiger partial charge in [-0.25, -0.2) is 4.98 Å². The van der Waals surface area contributed by atoms with E-state index in [1.807, 2.05) is 24.3 Å². The number of hydrogen-bond donors (Lipinski definition) is 0. The molecule has 7 nitrogen and oxygen atoms in total. The second kappa shape index (κ2) is 8.58. The highest BCUT2D eigenvalue weighted by Gasteiger charge is 2.25. The molecule has 2 aromatic heterocycles. The highest BCUT2D eigenvalue weighted by atomic mass is 32.1. The van der Waals surface area contributed by atoms with Crippen molar-refractivity contribution in [1.29, 1.82) is 0 Å². The van der Waals surface area contributed by atoms with Crippen LogP contribution in [0.5, 0.6) is 0 Å². The predicted molar refractivity (Wildman–Crippen MR) is 121 cm³/mol. The zero-order valence-electron chi connectivity index (χ0n) is 16.8. The SMILES string of the molecule is O=C(c1cc(=O)c2ccccc2o1)N(CCN1CCOCC1)c1nc2ccccc2s1. The van der Waals surface area contributed by atoms with Gasteiger partial charge < -0.3 is 9.15 Å². The maximum Gasteiger partial charge on any atom is 0.295 e. The van der Waals surface area contributed by atoms with Crippen molar-refractivity contribution in [3.63, 3.8) is 0 Å². The number of carbonyl (C=O) groups excluding carboxylic acids is 1. The minimum Gasteiger partial charge on any atom is -0.451 e. The van der Waals surface area contributed by atoms with Gasteiger partial charge in [-0.15, -0.1) is 0 Å². The van der Waals surface area contributed by atoms with E-state index in [2.05, 4.69) is 9.88 Å². The first-order valence-corrected chi connectivity index (χ1v) is 11.0. The van der Waals surface area contributed by atoms with E-state index in [9.17, 15) is 9.59 Å². The average Bonchev–Trinajstić information content (AvgIpc) is 3.23. The van der Waals surface area contributed by atoms with Gasteiger partial charge in [0.1, 0.15) is 5.58 Å². The van der Waals surface area contributed by atoms with Gasteiger partial charge >= 0.3 is 0 Å². The van der Waals surface area contributed by atoms with Crippen LogP contribution in [0.25, 0.3) is 21.2 Å². The Labute approximate surface area is 182 Å². The fourth-order valence-corrected chi connectivity index (χ4v) is 4.66. The fourth-order valence-electron chi connectivity index (χ4n) is 3.67. The maximum atomic E-state index is 13.5. The summed E-state index contributed by atoms with van der Waals surface area (Å²) in [7, 11) is 0. The number of thiazole rings is 1. The summed E-state index contributed by atoms with van der Waals surface area (Å²) in [4.78, 5) is 34.6. The molecule has 3 heterocycles. The van der Waals surface area contributed by atoms with Crippen LogP contribution in [0, 0.1) is 0 Å². The lowest BCUT2D eigenvalue weighted by atomic mass is 10.2. The van der Waals surface area contributed by atoms with Crippen molar-refractivity contribution in [3.05, 3.63) is 70.6 Å². The average molecular weight is 436 g/mol. The van der Waals surface area contributed by atoms with E-state index in [-0.39, 0.29) is 17.1 Å². The van der Waals surface area contributed by atoms with Gasteiger partial charge in [0.05, 0.1) is 28.8 Å². The van der Waals surface area contributed by atoms with Gasteiger partial charge in [0.2, 0.25) is 0 Å². The summed E-state index contributed by atoms with van der Waals surface area (Å²) in [6.45, 7) is 4.15. The van der Waals surface area contributed by atoms with E-state index in [0.29, 0.717) is 42.4 Å². The van der Waals surface area contributed by atoms with Gasteiger partial charge in [-0.1, -0.05) is 35.6 Å². The number of aromatic nitrogens is 1. The number of hydrogen-bond acceptors (Lipinski definition) is 7. The maximum absolute atomic E-state index is 13.5. The molecule has 158 valence electrons. The van der Waals surface area contributed by atoms with Crippen molar-refractivity contribution < 1.29 is 13.9 Å². The summed E-state index contributed by atoms with van der Waals surface area (Å²) in [5, 5.41) is 1.05. The molecule has 0 atom stereocenters. The molecule has 0 spiro atoms. The molecule has 0 bridgehead atoms. The molecule has 8 heteroatoms. The van der Waals surface area contributed by atoms with Crippen LogP contribution in [0.15, 0.2) is 63.8 Å². The number of morpholine rings is 1. The number of nitrogens with zero attached hydrogens (tertiary/aromatic N) is 3. The lowest BCUT2D eigenvalue weighted by molar-refractivity contribution is 0.0390. The molecule has 4 aromatic rings. The minimum absolute atomic E-state index is 0.0185. The Morgan fingerprint density at radius 1 is 1.10 bits per heavy atom. The van der Waals surface area contributed by atoms with Crippen LogP contribution in [0.4, 0.5) is 5.13 Å². The van der Waals surface area contributed by atoms with E-state index < -0.39 is 0 Å². The Hall–Kier alpha value is -3.07. The molecule has 2 aromatic carbocycles. The highest BCUT2D eigenvalue weighted by molar-refractivity contribution is 7.22. The summed E-state index contributed by atoms with van der Waals surface area (Å²) in [5.41, 5.74) is 1.00. The molecule has 1 aliphatic rings. The lowest BCUT2D eigenvalue weighted by Crippen LogP contribution is -2.43. The largest absolute Gasteiger partial charge is 0.451 e. The predicted octanol–water partition coefficient (Wildman–Crippen LogP) is 3.38. The number of para-hydroxylation sites is 2. The first-order chi connectivity index (χ1) is 15.2. The molecule has 5 rings (SSSR count). The summed E-state index contributed by atoms with van der Waals surface area (Å²) < 4.78 is 12.2. The van der Waals surface area contributed by atoms with E-state index in [0.717, 1.165) is 23.3 Å². The van der Waals surface area contributed by atoms with Crippen LogP contribution in [0.2, 0.25) is 0 Å². The molecular formula is C23H21N3O4S. The molecule has 0 radical (unpaired) electrons. The van der Waals surface area contributed by atoms with Gasteiger partial charge in [-0.3, -0.25) is 19.4 Å². The number of fused-ring (bicyclic) bond motifs is 2. The van der Waals surface area contributed by atoms with Crippen LogP contribution >= 0.6 is 11.3 Å². The third kappa shape index (κ3) is 4.10. The molecule has 0 aliphatic carbocycles. The summed E-state index contributed by atoms with van der Waals surface area (Å²) in [6.07, 6.45) is 0. The second-order valence-electron chi connectivity index (χ2n) is 7.35. The van der Waals surface area contributed by atoms with Gasteiger partial charge in [-0.2, -0.15) is 0 Å². The minimum atomic E-state index is -0.366. The molecule has 0 N–H and O–H groups in total. The first-order valence-electron chi connectivity index (χ1n) is 10.2. The summed E-state index contributed by atoms with van der Waals surface area (Å²) in [6, 6.07) is 16.0. The number of ether oxygens (including phenoxy) is 1. The standard InChI is InChI=1S/C23H21N3O4S/c27-18-15-20(30-19-7-3-1-5-16(18)19)22(28)26(10-9-25-11-13-29-14-12-25)23-24-17-6-2-4-8-21(17)31-23/h1-8,15H,9-14H2. The van der Waals surface area contributed by atoms with Gasteiger partial charge in [0.15, 0.2) is 16.3 Å². The zero-order valence-corrected chi connectivity index (χ0v) is 17.6. The third-order valence-corrected chi connectivity index (χ3v) is 6.41. The van der Waals surface area contributed by atoms with Gasteiger partial charge in [0, 0.05) is 32.2 Å². The van der Waals surface area contributed by atoms with Crippen LogP contribution < -0.4 is 10.3 Å². The highest BCUT2D eigenvalue weighted by Crippen LogP contribution is 2.29. The number of rotatable bonds is 5. The van der Waals surface area contributed by atoms with Crippen molar-refractivity contribution in [2.45, 2.75) is 0 Å². The van der Waals surface area contributed by atoms with Gasteiger partial charge in [0.25, 0.3) is 5.91 Å². The number of benzene rings is 2. The van der Waals surface area contributed by atoms with Gasteiger partial charge in [-0.05, 0) is 24.3 Å². The number of carbonyl (C=O) groups is 1. The van der Waals surface area contributed by atoms with Crippen molar-refractivity contribution in [2.75, 3.05) is 44.3 Å². The normalized spacial score (nSPS) is 14.8. The molecule has 0 unspecified atom stereocenters. The monoisotopic (exact) mass is 435 g/mol.